The number of benzene rings is 1. The molecule has 0 atom stereocenters. The van der Waals surface area contributed by atoms with Gasteiger partial charge in [-0.05, 0) is 36.1 Å². The van der Waals surface area contributed by atoms with Gasteiger partial charge >= 0.3 is 0 Å². The first-order chi connectivity index (χ1) is 13.3. The molecule has 1 aliphatic rings. The maximum absolute atomic E-state index is 5.58. The molecule has 7 heteroatoms. The fourth-order valence-corrected chi connectivity index (χ4v) is 3.25. The molecule has 3 rings (SSSR count). The van der Waals surface area contributed by atoms with Crippen LogP contribution in [-0.4, -0.2) is 50.7 Å². The van der Waals surface area contributed by atoms with E-state index in [2.05, 4.69) is 44.8 Å². The Morgan fingerprint density at radius 3 is 2.75 bits per heavy atom. The first kappa shape index (κ1) is 22.7. The van der Waals surface area contributed by atoms with Gasteiger partial charge in [0.25, 0.3) is 0 Å². The van der Waals surface area contributed by atoms with Crippen molar-refractivity contribution in [2.75, 3.05) is 39.8 Å². The topological polar surface area (TPSA) is 62.0 Å². The average Bonchev–Trinajstić information content (AvgIpc) is 3.22. The number of nitrogens with one attached hydrogen (secondary N) is 2. The van der Waals surface area contributed by atoms with E-state index >= 15 is 0 Å². The van der Waals surface area contributed by atoms with Gasteiger partial charge in [0.2, 0.25) is 0 Å². The second-order valence-electron chi connectivity index (χ2n) is 6.71. The maximum atomic E-state index is 5.58. The predicted molar refractivity (Wildman–Crippen MR) is 123 cm³/mol. The second kappa shape index (κ2) is 12.8. The molecule has 2 aromatic rings. The maximum Gasteiger partial charge on any atom is 0.191 e. The molecule has 0 unspecified atom stereocenters. The molecule has 1 aliphatic heterocycles. The van der Waals surface area contributed by atoms with Crippen LogP contribution in [0.3, 0.4) is 0 Å². The summed E-state index contributed by atoms with van der Waals surface area (Å²) in [7, 11) is 1.81. The number of hydrogen-bond acceptors (Lipinski definition) is 4. The van der Waals surface area contributed by atoms with Crippen molar-refractivity contribution >= 4 is 29.9 Å². The minimum Gasteiger partial charge on any atom is -0.467 e. The Morgan fingerprint density at radius 2 is 1.96 bits per heavy atom. The van der Waals surface area contributed by atoms with Gasteiger partial charge in [-0.15, -0.1) is 24.0 Å². The van der Waals surface area contributed by atoms with Gasteiger partial charge in [0.05, 0.1) is 6.26 Å². The summed E-state index contributed by atoms with van der Waals surface area (Å²) in [5, 5.41) is 6.73. The van der Waals surface area contributed by atoms with Crippen LogP contribution in [0.25, 0.3) is 0 Å². The van der Waals surface area contributed by atoms with Crippen molar-refractivity contribution in [1.82, 2.24) is 15.5 Å². The third kappa shape index (κ3) is 7.44. The summed E-state index contributed by atoms with van der Waals surface area (Å²) >= 11 is 0. The van der Waals surface area contributed by atoms with E-state index in [1.807, 2.05) is 12.1 Å². The Kier molecular flexibility index (Phi) is 10.4. The molecular formula is C21H31IN4O2. The van der Waals surface area contributed by atoms with Gasteiger partial charge in [-0.1, -0.05) is 24.3 Å². The SMILES string of the molecule is CN=C(NCCCOCc1ccco1)NCCN1CCc2ccccc2C1.I. The predicted octanol–water partition coefficient (Wildman–Crippen LogP) is 3.03. The van der Waals surface area contributed by atoms with Crippen LogP contribution in [0.15, 0.2) is 52.1 Å². The Bertz CT molecular complexity index is 706. The van der Waals surface area contributed by atoms with E-state index in [9.17, 15) is 0 Å². The molecule has 1 aromatic carbocycles. The summed E-state index contributed by atoms with van der Waals surface area (Å²) in [5.41, 5.74) is 2.95. The minimum absolute atomic E-state index is 0. The summed E-state index contributed by atoms with van der Waals surface area (Å²) < 4.78 is 10.8. The first-order valence-corrected chi connectivity index (χ1v) is 9.69. The van der Waals surface area contributed by atoms with E-state index in [1.165, 1.54) is 11.1 Å². The monoisotopic (exact) mass is 498 g/mol. The normalized spacial score (nSPS) is 14.2. The lowest BCUT2D eigenvalue weighted by Crippen LogP contribution is -2.43. The van der Waals surface area contributed by atoms with Crippen LogP contribution in [0.5, 0.6) is 0 Å². The van der Waals surface area contributed by atoms with Crippen molar-refractivity contribution in [2.24, 2.45) is 4.99 Å². The van der Waals surface area contributed by atoms with E-state index in [4.69, 9.17) is 9.15 Å². The van der Waals surface area contributed by atoms with Gasteiger partial charge in [-0.3, -0.25) is 9.89 Å². The highest BCUT2D eigenvalue weighted by molar-refractivity contribution is 14.0. The Labute approximate surface area is 184 Å². The fraction of sp³-hybridized carbons (Fsp3) is 0.476. The van der Waals surface area contributed by atoms with E-state index in [-0.39, 0.29) is 24.0 Å². The zero-order valence-electron chi connectivity index (χ0n) is 16.5. The standard InChI is InChI=1S/C21H30N4O2.HI/c1-22-21(23-10-5-14-26-17-20-8-4-15-27-20)24-11-13-25-12-9-18-6-2-3-7-19(18)16-25;/h2-4,6-8,15H,5,9-14,16-17H2,1H3,(H2,22,23,24);1H. The van der Waals surface area contributed by atoms with Crippen LogP contribution in [0.1, 0.15) is 23.3 Å². The fourth-order valence-electron chi connectivity index (χ4n) is 3.25. The molecule has 0 amide bonds. The molecule has 2 heterocycles. The lowest BCUT2D eigenvalue weighted by Gasteiger charge is -2.28. The number of fused-ring (bicyclic) bond motifs is 1. The van der Waals surface area contributed by atoms with E-state index in [0.717, 1.165) is 57.3 Å². The van der Waals surface area contributed by atoms with Crippen LogP contribution in [0, 0.1) is 0 Å². The summed E-state index contributed by atoms with van der Waals surface area (Å²) in [6.45, 7) is 6.11. The number of ether oxygens (including phenoxy) is 1. The molecule has 0 saturated carbocycles. The number of nitrogens with zero attached hydrogens (tertiary/aromatic N) is 2. The summed E-state index contributed by atoms with van der Waals surface area (Å²) in [4.78, 5) is 6.78. The molecule has 154 valence electrons. The minimum atomic E-state index is 0. The zero-order valence-corrected chi connectivity index (χ0v) is 18.9. The van der Waals surface area contributed by atoms with Crippen molar-refractivity contribution < 1.29 is 9.15 Å². The lowest BCUT2D eigenvalue weighted by molar-refractivity contribution is 0.105. The summed E-state index contributed by atoms with van der Waals surface area (Å²) in [6.07, 6.45) is 3.73. The van der Waals surface area contributed by atoms with Gasteiger partial charge in [0.15, 0.2) is 5.96 Å². The smallest absolute Gasteiger partial charge is 0.191 e. The number of guanidine groups is 1. The summed E-state index contributed by atoms with van der Waals surface area (Å²) in [6, 6.07) is 12.5. The zero-order chi connectivity index (χ0) is 18.7. The van der Waals surface area contributed by atoms with Crippen molar-refractivity contribution in [3.05, 3.63) is 59.5 Å². The highest BCUT2D eigenvalue weighted by Gasteiger charge is 2.14. The van der Waals surface area contributed by atoms with Crippen molar-refractivity contribution in [2.45, 2.75) is 26.0 Å². The van der Waals surface area contributed by atoms with E-state index < -0.39 is 0 Å². The lowest BCUT2D eigenvalue weighted by atomic mass is 10.00. The largest absolute Gasteiger partial charge is 0.467 e. The van der Waals surface area contributed by atoms with Crippen LogP contribution in [-0.2, 0) is 24.3 Å². The Morgan fingerprint density at radius 1 is 1.14 bits per heavy atom. The van der Waals surface area contributed by atoms with Crippen LogP contribution < -0.4 is 10.6 Å². The molecule has 0 spiro atoms. The average molecular weight is 498 g/mol. The van der Waals surface area contributed by atoms with Crippen molar-refractivity contribution in [3.63, 3.8) is 0 Å². The van der Waals surface area contributed by atoms with Crippen molar-refractivity contribution in [1.29, 1.82) is 0 Å². The quantitative estimate of drug-likeness (QED) is 0.241. The second-order valence-corrected chi connectivity index (χ2v) is 6.71. The van der Waals surface area contributed by atoms with E-state index in [0.29, 0.717) is 13.2 Å². The van der Waals surface area contributed by atoms with Gasteiger partial charge in [-0.2, -0.15) is 0 Å². The first-order valence-electron chi connectivity index (χ1n) is 9.69. The van der Waals surface area contributed by atoms with Crippen LogP contribution >= 0.6 is 24.0 Å². The third-order valence-electron chi connectivity index (χ3n) is 4.74. The molecule has 0 bridgehead atoms. The highest BCUT2D eigenvalue weighted by Crippen LogP contribution is 2.17. The molecule has 0 aliphatic carbocycles. The van der Waals surface area contributed by atoms with Gasteiger partial charge < -0.3 is 19.8 Å². The van der Waals surface area contributed by atoms with Crippen molar-refractivity contribution in [3.8, 4) is 0 Å². The molecule has 1 aromatic heterocycles. The number of furan rings is 1. The Hall–Kier alpha value is -1.58. The molecule has 0 radical (unpaired) electrons. The van der Waals surface area contributed by atoms with Gasteiger partial charge in [-0.25, -0.2) is 0 Å². The molecule has 28 heavy (non-hydrogen) atoms. The summed E-state index contributed by atoms with van der Waals surface area (Å²) in [5.74, 6) is 1.71. The third-order valence-corrected chi connectivity index (χ3v) is 4.74. The number of aliphatic imine (C=N–C) groups is 1. The number of halogens is 1. The van der Waals surface area contributed by atoms with Crippen LogP contribution in [0.2, 0.25) is 0 Å². The van der Waals surface area contributed by atoms with E-state index in [1.54, 1.807) is 13.3 Å². The number of rotatable bonds is 9. The molecular weight excluding hydrogens is 467 g/mol. The highest BCUT2D eigenvalue weighted by atomic mass is 127. The Balaban J connectivity index is 0.00000280. The van der Waals surface area contributed by atoms with Crippen LogP contribution in [0.4, 0.5) is 0 Å². The number of hydrogen-bond donors (Lipinski definition) is 2. The molecule has 0 fully saturated rings. The molecule has 6 nitrogen and oxygen atoms in total. The van der Waals surface area contributed by atoms with Gasteiger partial charge in [0, 0.05) is 46.4 Å². The molecule has 0 saturated heterocycles. The molecule has 2 N–H and O–H groups in total. The van der Waals surface area contributed by atoms with Gasteiger partial charge in [0.1, 0.15) is 12.4 Å².